The quantitative estimate of drug-likeness (QED) is 0.737. The van der Waals surface area contributed by atoms with Crippen LogP contribution in [0.5, 0.6) is 0 Å². The van der Waals surface area contributed by atoms with E-state index in [9.17, 15) is 9.90 Å². The fraction of sp³-hybridized carbons (Fsp3) is 0.500. The summed E-state index contributed by atoms with van der Waals surface area (Å²) in [5.41, 5.74) is 3.74. The summed E-state index contributed by atoms with van der Waals surface area (Å²) in [5.74, 6) is -0.146. The number of hydrogen-bond acceptors (Lipinski definition) is 5. The average Bonchev–Trinajstić information content (AvgIpc) is 3.20. The first-order valence-electron chi connectivity index (χ1n) is 7.82. The first-order valence-corrected chi connectivity index (χ1v) is 8.76. The number of likely N-dealkylation sites (N-methyl/N-ethyl adjacent to an activating group) is 1. The normalized spacial score (nSPS) is 16.1. The van der Waals surface area contributed by atoms with E-state index in [0.717, 1.165) is 37.2 Å². The maximum Gasteiger partial charge on any atom is 0.272 e. The van der Waals surface area contributed by atoms with Crippen molar-refractivity contribution >= 4 is 17.2 Å². The van der Waals surface area contributed by atoms with Crippen molar-refractivity contribution in [3.63, 3.8) is 0 Å². The topological polar surface area (TPSA) is 81.2 Å². The molecule has 0 aromatic carbocycles. The first kappa shape index (κ1) is 16.2. The summed E-state index contributed by atoms with van der Waals surface area (Å²) in [7, 11) is 2.04. The van der Waals surface area contributed by atoms with Gasteiger partial charge in [0, 0.05) is 49.8 Å². The van der Waals surface area contributed by atoms with Crippen LogP contribution in [0.2, 0.25) is 0 Å². The second-order valence-corrected chi connectivity index (χ2v) is 6.89. The highest BCUT2D eigenvalue weighted by molar-refractivity contribution is 7.07. The van der Waals surface area contributed by atoms with E-state index in [4.69, 9.17) is 0 Å². The molecule has 1 aliphatic rings. The molecule has 1 amide bonds. The van der Waals surface area contributed by atoms with Gasteiger partial charge in [-0.15, -0.1) is 0 Å². The van der Waals surface area contributed by atoms with Gasteiger partial charge in [-0.25, -0.2) is 0 Å². The van der Waals surface area contributed by atoms with Crippen LogP contribution in [-0.4, -0.2) is 52.9 Å². The fourth-order valence-corrected chi connectivity index (χ4v) is 3.56. The van der Waals surface area contributed by atoms with E-state index in [1.165, 1.54) is 5.56 Å². The molecule has 3 heterocycles. The molecular formula is C16H22N4O2S. The van der Waals surface area contributed by atoms with Gasteiger partial charge >= 0.3 is 0 Å². The summed E-state index contributed by atoms with van der Waals surface area (Å²) in [6, 6.07) is 2.05. The zero-order valence-electron chi connectivity index (χ0n) is 13.2. The number of thiophene rings is 1. The number of carbonyl (C=O) groups is 1. The van der Waals surface area contributed by atoms with Crippen LogP contribution in [0.4, 0.5) is 0 Å². The van der Waals surface area contributed by atoms with Gasteiger partial charge < -0.3 is 15.3 Å². The molecule has 3 rings (SSSR count). The largest absolute Gasteiger partial charge is 0.396 e. The Bertz CT molecular complexity index is 653. The van der Waals surface area contributed by atoms with Crippen molar-refractivity contribution in [3.8, 4) is 0 Å². The predicted molar refractivity (Wildman–Crippen MR) is 89.6 cm³/mol. The Morgan fingerprint density at radius 1 is 1.61 bits per heavy atom. The number of rotatable bonds is 6. The highest BCUT2D eigenvalue weighted by atomic mass is 32.1. The Balaban J connectivity index is 1.60. The lowest BCUT2D eigenvalue weighted by Gasteiger charge is -2.22. The summed E-state index contributed by atoms with van der Waals surface area (Å²) in [5, 5.41) is 23.7. The van der Waals surface area contributed by atoms with Gasteiger partial charge in [-0.05, 0) is 35.9 Å². The Morgan fingerprint density at radius 2 is 2.48 bits per heavy atom. The molecule has 0 unspecified atom stereocenters. The predicted octanol–water partition coefficient (Wildman–Crippen LogP) is 1.04. The van der Waals surface area contributed by atoms with E-state index < -0.39 is 0 Å². The fourth-order valence-electron chi connectivity index (χ4n) is 2.88. The van der Waals surface area contributed by atoms with Crippen LogP contribution >= 0.6 is 11.3 Å². The molecule has 6 nitrogen and oxygen atoms in total. The van der Waals surface area contributed by atoms with Crippen LogP contribution in [-0.2, 0) is 19.4 Å². The lowest BCUT2D eigenvalue weighted by molar-refractivity contribution is 0.0933. The smallest absolute Gasteiger partial charge is 0.272 e. The van der Waals surface area contributed by atoms with E-state index >= 15 is 0 Å². The summed E-state index contributed by atoms with van der Waals surface area (Å²) >= 11 is 1.64. The number of nitrogens with one attached hydrogen (secondary N) is 2. The number of aliphatic hydroxyl groups excluding tert-OH is 1. The van der Waals surface area contributed by atoms with Gasteiger partial charge in [-0.2, -0.15) is 16.4 Å². The molecule has 23 heavy (non-hydrogen) atoms. The number of aromatic amines is 1. The summed E-state index contributed by atoms with van der Waals surface area (Å²) in [6.07, 6.45) is 1.66. The van der Waals surface area contributed by atoms with E-state index in [2.05, 4.69) is 31.9 Å². The lowest BCUT2D eigenvalue weighted by atomic mass is 10.0. The minimum absolute atomic E-state index is 0.0194. The number of nitrogens with zero attached hydrogens (tertiary/aromatic N) is 2. The van der Waals surface area contributed by atoms with Crippen LogP contribution in [0.25, 0.3) is 0 Å². The molecule has 0 saturated carbocycles. The maximum absolute atomic E-state index is 12.4. The van der Waals surface area contributed by atoms with Gasteiger partial charge in [0.25, 0.3) is 5.91 Å². The molecule has 2 aromatic rings. The number of aliphatic hydroxyl groups is 1. The highest BCUT2D eigenvalue weighted by Crippen LogP contribution is 2.19. The number of fused-ring (bicyclic) bond motifs is 1. The summed E-state index contributed by atoms with van der Waals surface area (Å²) in [6.45, 7) is 2.22. The lowest BCUT2D eigenvalue weighted by Crippen LogP contribution is -2.33. The van der Waals surface area contributed by atoms with Crippen LogP contribution in [0, 0.1) is 5.92 Å². The van der Waals surface area contributed by atoms with E-state index in [-0.39, 0.29) is 18.4 Å². The van der Waals surface area contributed by atoms with Gasteiger partial charge in [0.1, 0.15) is 0 Å². The van der Waals surface area contributed by atoms with E-state index in [1.807, 2.05) is 12.4 Å². The molecule has 1 atom stereocenters. The Kier molecular flexibility index (Phi) is 5.09. The SMILES string of the molecule is CN1CCc2[nH]nc(C(=O)NC[C@H](CO)Cc3ccsc3)c2C1. The Morgan fingerprint density at radius 3 is 3.22 bits per heavy atom. The zero-order chi connectivity index (χ0) is 16.2. The van der Waals surface area contributed by atoms with Gasteiger partial charge in [0.05, 0.1) is 0 Å². The molecule has 3 N–H and O–H groups in total. The van der Waals surface area contributed by atoms with Gasteiger partial charge in [-0.1, -0.05) is 0 Å². The second-order valence-electron chi connectivity index (χ2n) is 6.11. The second kappa shape index (κ2) is 7.25. The van der Waals surface area contributed by atoms with Crippen molar-refractivity contribution in [2.24, 2.45) is 5.92 Å². The number of hydrogen-bond donors (Lipinski definition) is 3. The maximum atomic E-state index is 12.4. The molecular weight excluding hydrogens is 312 g/mol. The number of aromatic nitrogens is 2. The highest BCUT2D eigenvalue weighted by Gasteiger charge is 2.24. The molecule has 0 saturated heterocycles. The van der Waals surface area contributed by atoms with Gasteiger partial charge in [0.2, 0.25) is 0 Å². The van der Waals surface area contributed by atoms with Crippen molar-refractivity contribution in [1.29, 1.82) is 0 Å². The van der Waals surface area contributed by atoms with E-state index in [1.54, 1.807) is 11.3 Å². The molecule has 1 aliphatic heterocycles. The Hall–Kier alpha value is -1.70. The van der Waals surface area contributed by atoms with Gasteiger partial charge in [-0.3, -0.25) is 9.89 Å². The van der Waals surface area contributed by atoms with Crippen molar-refractivity contribution in [2.45, 2.75) is 19.4 Å². The third kappa shape index (κ3) is 3.80. The average molecular weight is 334 g/mol. The van der Waals surface area contributed by atoms with Crippen LogP contribution in [0.15, 0.2) is 16.8 Å². The molecule has 0 fully saturated rings. The van der Waals surface area contributed by atoms with Crippen LogP contribution in [0.3, 0.4) is 0 Å². The summed E-state index contributed by atoms with van der Waals surface area (Å²) < 4.78 is 0. The molecule has 7 heteroatoms. The van der Waals surface area contributed by atoms with Crippen molar-refractivity contribution < 1.29 is 9.90 Å². The third-order valence-electron chi connectivity index (χ3n) is 4.25. The molecule has 0 spiro atoms. The Labute approximate surface area is 139 Å². The number of carbonyl (C=O) groups excluding carboxylic acids is 1. The molecule has 124 valence electrons. The minimum atomic E-state index is -0.165. The van der Waals surface area contributed by atoms with E-state index in [0.29, 0.717) is 12.2 Å². The van der Waals surface area contributed by atoms with Crippen molar-refractivity contribution in [3.05, 3.63) is 39.3 Å². The van der Waals surface area contributed by atoms with Crippen LogP contribution in [0.1, 0.15) is 27.3 Å². The first-order chi connectivity index (χ1) is 11.2. The molecule has 0 aliphatic carbocycles. The van der Waals surface area contributed by atoms with Crippen LogP contribution < -0.4 is 5.32 Å². The standard InChI is InChI=1S/C16H22N4O2S/c1-20-4-2-14-13(8-20)15(19-18-14)16(22)17-7-12(9-21)6-11-3-5-23-10-11/h3,5,10,12,21H,2,4,6-9H2,1H3,(H,17,22)(H,18,19)/t12-/m1/s1. The van der Waals surface area contributed by atoms with Crippen molar-refractivity contribution in [1.82, 2.24) is 20.4 Å². The molecule has 2 aromatic heterocycles. The van der Waals surface area contributed by atoms with Crippen molar-refractivity contribution in [2.75, 3.05) is 26.7 Å². The zero-order valence-corrected chi connectivity index (χ0v) is 14.0. The monoisotopic (exact) mass is 334 g/mol. The summed E-state index contributed by atoms with van der Waals surface area (Å²) in [4.78, 5) is 14.6. The number of H-pyrrole nitrogens is 1. The van der Waals surface area contributed by atoms with Gasteiger partial charge in [0.15, 0.2) is 5.69 Å². The molecule has 0 radical (unpaired) electrons. The third-order valence-corrected chi connectivity index (χ3v) is 4.99. The number of amides is 1. The minimum Gasteiger partial charge on any atom is -0.396 e. The molecule has 0 bridgehead atoms.